The number of carbonyl (C=O) groups is 1. The number of benzene rings is 1. The van der Waals surface area contributed by atoms with E-state index in [2.05, 4.69) is 17.1 Å². The molecule has 4 rings (SSSR count). The molecule has 2 heterocycles. The number of rotatable bonds is 5. The van der Waals surface area contributed by atoms with E-state index < -0.39 is 0 Å². The van der Waals surface area contributed by atoms with E-state index in [1.807, 2.05) is 29.3 Å². The molecular weight excluding hydrogens is 414 g/mol. The van der Waals surface area contributed by atoms with Gasteiger partial charge in [0.25, 0.3) is 0 Å². The first-order valence-electron chi connectivity index (χ1n) is 11.7. The summed E-state index contributed by atoms with van der Waals surface area (Å²) in [5.74, 6) is 0.266. The van der Waals surface area contributed by atoms with Crippen LogP contribution in [0.4, 0.5) is 11.4 Å². The summed E-state index contributed by atoms with van der Waals surface area (Å²) in [6.07, 6.45) is 11.9. The Bertz CT molecular complexity index is 773. The number of hydrogen-bond acceptors (Lipinski definition) is 5. The Labute approximate surface area is 190 Å². The zero-order valence-electron chi connectivity index (χ0n) is 18.4. The lowest BCUT2D eigenvalue weighted by Crippen LogP contribution is -2.49. The van der Waals surface area contributed by atoms with Gasteiger partial charge >= 0.3 is 0 Å². The van der Waals surface area contributed by atoms with Gasteiger partial charge in [-0.3, -0.25) is 4.79 Å². The van der Waals surface area contributed by atoms with Gasteiger partial charge in [-0.05, 0) is 50.0 Å². The molecule has 2 unspecified atom stereocenters. The average Bonchev–Trinajstić information content (AvgIpc) is 3.16. The Kier molecular flexibility index (Phi) is 7.75. The summed E-state index contributed by atoms with van der Waals surface area (Å²) < 4.78 is 5.43. The number of amides is 1. The molecule has 1 aromatic carbocycles. The van der Waals surface area contributed by atoms with Crippen LogP contribution in [0, 0.1) is 5.92 Å². The topological polar surface area (TPSA) is 54.0 Å². The van der Waals surface area contributed by atoms with Crippen molar-refractivity contribution in [3.8, 4) is 0 Å². The molecule has 1 N–H and O–H groups in total. The van der Waals surface area contributed by atoms with Crippen LogP contribution in [0.1, 0.15) is 51.9 Å². The Morgan fingerprint density at radius 2 is 1.84 bits per heavy atom. The Morgan fingerprint density at radius 3 is 2.48 bits per heavy atom. The SMILES string of the molecule is CC1C=CON1C(C(=O)Nc1ccc(N2CCOCC2)c(Cl)c1)C1CCCCCCC1. The van der Waals surface area contributed by atoms with Crippen molar-refractivity contribution >= 4 is 28.9 Å². The highest BCUT2D eigenvalue weighted by Crippen LogP contribution is 2.33. The van der Waals surface area contributed by atoms with Crippen molar-refractivity contribution < 1.29 is 14.4 Å². The van der Waals surface area contributed by atoms with E-state index in [-0.39, 0.29) is 23.9 Å². The van der Waals surface area contributed by atoms with Crippen molar-refractivity contribution in [3.05, 3.63) is 35.6 Å². The summed E-state index contributed by atoms with van der Waals surface area (Å²) >= 11 is 6.59. The van der Waals surface area contributed by atoms with Gasteiger partial charge in [-0.2, -0.15) is 0 Å². The van der Waals surface area contributed by atoms with E-state index in [0.717, 1.165) is 37.3 Å². The third-order valence-corrected chi connectivity index (χ3v) is 6.95. The van der Waals surface area contributed by atoms with Crippen molar-refractivity contribution in [3.63, 3.8) is 0 Å². The molecule has 0 aromatic heterocycles. The van der Waals surface area contributed by atoms with Gasteiger partial charge in [0.05, 0.1) is 30.0 Å². The fraction of sp³-hybridized carbons (Fsp3) is 0.625. The molecule has 2 aliphatic heterocycles. The minimum absolute atomic E-state index is 0.0173. The number of anilines is 2. The maximum Gasteiger partial charge on any atom is 0.245 e. The number of nitrogens with one attached hydrogen (secondary N) is 1. The van der Waals surface area contributed by atoms with Gasteiger partial charge in [0, 0.05) is 18.8 Å². The number of hydroxylamine groups is 2. The predicted molar refractivity (Wildman–Crippen MR) is 124 cm³/mol. The van der Waals surface area contributed by atoms with Gasteiger partial charge < -0.3 is 19.8 Å². The largest absolute Gasteiger partial charge is 0.413 e. The quantitative estimate of drug-likeness (QED) is 0.688. The van der Waals surface area contributed by atoms with Gasteiger partial charge in [-0.1, -0.05) is 43.7 Å². The molecule has 170 valence electrons. The van der Waals surface area contributed by atoms with Crippen molar-refractivity contribution in [2.24, 2.45) is 5.92 Å². The summed E-state index contributed by atoms with van der Waals surface area (Å²) in [5.41, 5.74) is 1.71. The van der Waals surface area contributed by atoms with E-state index in [1.54, 1.807) is 6.26 Å². The number of carbonyl (C=O) groups excluding carboxylic acids is 1. The molecule has 2 fully saturated rings. The number of morpholine rings is 1. The fourth-order valence-electron chi connectivity index (χ4n) is 4.92. The number of halogens is 1. The van der Waals surface area contributed by atoms with Crippen LogP contribution in [0.25, 0.3) is 0 Å². The van der Waals surface area contributed by atoms with Gasteiger partial charge in [0.1, 0.15) is 12.3 Å². The molecule has 0 radical (unpaired) electrons. The first-order valence-corrected chi connectivity index (χ1v) is 12.1. The van der Waals surface area contributed by atoms with Gasteiger partial charge in [-0.25, -0.2) is 0 Å². The number of hydrogen-bond donors (Lipinski definition) is 1. The first kappa shape index (κ1) is 22.4. The van der Waals surface area contributed by atoms with E-state index in [4.69, 9.17) is 21.2 Å². The molecule has 6 nitrogen and oxygen atoms in total. The minimum Gasteiger partial charge on any atom is -0.413 e. The minimum atomic E-state index is -0.319. The lowest BCUT2D eigenvalue weighted by Gasteiger charge is -2.35. The molecule has 0 spiro atoms. The highest BCUT2D eigenvalue weighted by molar-refractivity contribution is 6.33. The van der Waals surface area contributed by atoms with Gasteiger partial charge in [0.15, 0.2) is 0 Å². The highest BCUT2D eigenvalue weighted by atomic mass is 35.5. The van der Waals surface area contributed by atoms with Crippen LogP contribution in [0.3, 0.4) is 0 Å². The van der Waals surface area contributed by atoms with Crippen LogP contribution in [0.2, 0.25) is 5.02 Å². The summed E-state index contributed by atoms with van der Waals surface area (Å²) in [6.45, 7) is 5.14. The summed E-state index contributed by atoms with van der Waals surface area (Å²) in [5, 5.41) is 5.64. The Morgan fingerprint density at radius 1 is 1.13 bits per heavy atom. The zero-order chi connectivity index (χ0) is 21.6. The molecule has 1 saturated carbocycles. The summed E-state index contributed by atoms with van der Waals surface area (Å²) in [4.78, 5) is 21.5. The third-order valence-electron chi connectivity index (χ3n) is 6.65. The molecule has 1 saturated heterocycles. The standard InChI is InChI=1S/C24H34ClN3O3/c1-18-11-14-31-28(18)23(19-7-5-3-2-4-6-8-19)24(29)26-20-9-10-22(21(25)17-20)27-12-15-30-16-13-27/h9-11,14,17-19,23H,2-8,12-13,15-16H2,1H3,(H,26,29). The second-order valence-corrected chi connectivity index (χ2v) is 9.25. The predicted octanol–water partition coefficient (Wildman–Crippen LogP) is 4.99. The molecule has 0 bridgehead atoms. The van der Waals surface area contributed by atoms with Crippen LogP contribution in [-0.4, -0.2) is 49.4 Å². The second kappa shape index (κ2) is 10.7. The molecule has 1 amide bonds. The maximum absolute atomic E-state index is 13.5. The number of nitrogens with zero attached hydrogens (tertiary/aromatic N) is 2. The van der Waals surface area contributed by atoms with E-state index in [9.17, 15) is 4.79 Å². The lowest BCUT2D eigenvalue weighted by molar-refractivity contribution is -0.164. The summed E-state index contributed by atoms with van der Waals surface area (Å²) in [7, 11) is 0. The van der Waals surface area contributed by atoms with Crippen molar-refractivity contribution in [2.45, 2.75) is 64.0 Å². The molecule has 1 aromatic rings. The number of ether oxygens (including phenoxy) is 1. The van der Waals surface area contributed by atoms with Crippen molar-refractivity contribution in [1.82, 2.24) is 5.06 Å². The molecule has 1 aliphatic carbocycles. The van der Waals surface area contributed by atoms with E-state index in [1.165, 1.54) is 32.1 Å². The third kappa shape index (κ3) is 5.54. The average molecular weight is 448 g/mol. The van der Waals surface area contributed by atoms with Crippen LogP contribution >= 0.6 is 11.6 Å². The molecule has 3 aliphatic rings. The fourth-order valence-corrected chi connectivity index (χ4v) is 5.22. The molecular formula is C24H34ClN3O3. The van der Waals surface area contributed by atoms with Crippen LogP contribution in [0.15, 0.2) is 30.5 Å². The molecule has 2 atom stereocenters. The van der Waals surface area contributed by atoms with E-state index >= 15 is 0 Å². The van der Waals surface area contributed by atoms with Crippen LogP contribution in [-0.2, 0) is 14.4 Å². The van der Waals surface area contributed by atoms with Gasteiger partial charge in [-0.15, -0.1) is 5.06 Å². The van der Waals surface area contributed by atoms with Crippen LogP contribution in [0.5, 0.6) is 0 Å². The van der Waals surface area contributed by atoms with Crippen LogP contribution < -0.4 is 10.2 Å². The molecule has 7 heteroatoms. The smallest absolute Gasteiger partial charge is 0.245 e. The normalized spacial score (nSPS) is 24.3. The Balaban J connectivity index is 1.49. The highest BCUT2D eigenvalue weighted by Gasteiger charge is 2.38. The van der Waals surface area contributed by atoms with Gasteiger partial charge in [0.2, 0.25) is 5.91 Å². The lowest BCUT2D eigenvalue weighted by atomic mass is 9.85. The first-order chi connectivity index (χ1) is 15.1. The zero-order valence-corrected chi connectivity index (χ0v) is 19.2. The summed E-state index contributed by atoms with van der Waals surface area (Å²) in [6, 6.07) is 5.54. The Hall–Kier alpha value is -1.76. The van der Waals surface area contributed by atoms with Crippen molar-refractivity contribution in [1.29, 1.82) is 0 Å². The second-order valence-electron chi connectivity index (χ2n) is 8.84. The monoisotopic (exact) mass is 447 g/mol. The maximum atomic E-state index is 13.5. The van der Waals surface area contributed by atoms with Crippen molar-refractivity contribution in [2.75, 3.05) is 36.5 Å². The van der Waals surface area contributed by atoms with E-state index in [0.29, 0.717) is 18.2 Å². The molecule has 31 heavy (non-hydrogen) atoms.